The highest BCUT2D eigenvalue weighted by atomic mass is 79.9. The first-order valence-corrected chi connectivity index (χ1v) is 35.0. The van der Waals surface area contributed by atoms with E-state index in [0.717, 1.165) is 22.8 Å². The average molecular weight is 1160 g/mol. The van der Waals surface area contributed by atoms with Crippen molar-refractivity contribution >= 4 is 50.6 Å². The predicted molar refractivity (Wildman–Crippen MR) is 298 cm³/mol. The van der Waals surface area contributed by atoms with Crippen LogP contribution in [0.1, 0.15) is 142 Å². The molecule has 17 heteroatoms. The van der Waals surface area contributed by atoms with Crippen molar-refractivity contribution in [1.82, 2.24) is 0 Å². The molecular weight excluding hydrogens is 1070 g/mol. The summed E-state index contributed by atoms with van der Waals surface area (Å²) in [5, 5.41) is -0.0115. The van der Waals surface area contributed by atoms with Gasteiger partial charge in [0, 0.05) is 64.4 Å². The fraction of sp³-hybridized carbons (Fsp3) is 0.780. The van der Waals surface area contributed by atoms with Crippen LogP contribution in [0.5, 0.6) is 0 Å². The summed E-state index contributed by atoms with van der Waals surface area (Å²) in [6.45, 7) is 33.8. The first-order chi connectivity index (χ1) is 35.7. The molecular formula is C59H91BrO14Si2. The molecule has 0 radical (unpaired) electrons. The summed E-state index contributed by atoms with van der Waals surface area (Å²) in [4.78, 5) is 39.4. The lowest BCUT2D eigenvalue weighted by Crippen LogP contribution is -2.61. The van der Waals surface area contributed by atoms with E-state index in [1.165, 1.54) is 0 Å². The number of rotatable bonds is 24. The maximum atomic E-state index is 14.8. The van der Waals surface area contributed by atoms with Crippen molar-refractivity contribution in [2.75, 3.05) is 13.7 Å². The largest absolute Gasteiger partial charge is 0.458 e. The molecule has 0 amide bonds. The minimum Gasteiger partial charge on any atom is -0.458 e. The van der Waals surface area contributed by atoms with Gasteiger partial charge in [-0.3, -0.25) is 4.79 Å². The lowest BCUT2D eigenvalue weighted by molar-refractivity contribution is -0.292. The van der Waals surface area contributed by atoms with Crippen LogP contribution < -0.4 is 0 Å². The van der Waals surface area contributed by atoms with E-state index in [1.54, 1.807) is 19.2 Å². The normalized spacial score (nSPS) is 36.1. The Morgan fingerprint density at radius 1 is 0.842 bits per heavy atom. The van der Waals surface area contributed by atoms with Gasteiger partial charge in [0.15, 0.2) is 22.4 Å². The molecule has 0 aliphatic carbocycles. The van der Waals surface area contributed by atoms with Gasteiger partial charge in [0.1, 0.15) is 48.7 Å². The number of aldehydes is 1. The highest BCUT2D eigenvalue weighted by Gasteiger charge is 2.69. The van der Waals surface area contributed by atoms with Gasteiger partial charge in [-0.1, -0.05) is 95.8 Å². The standard InChI is InChI=1S/C59H91BrO14Si2/c1-35-27-40(21-18-26-61)66-46(37(35)3)32-47-44(50(64-10)48(69-47)31-43(74-76(13,14)58(7,8)9)34-65-75(11,12)57(4,5)6)30-39(62)29-41-22-23-45-51(67-41)55-54-53(70-45)52-49(71-54)33-59(72-52,73-55)25-24-42(28-36(2)60)68-56(63)38-19-16-15-17-20-38/h15-17,19-20,26,35,40-55H,2-3,18,21-25,27-34H2,1,4-14H3/t35-,40+,41-,42+,43+,44+,45+,46-,47+,48-,49-,50-,51+,52+,53+,54-,55-,59+/m1/s1. The molecule has 8 heterocycles. The van der Waals surface area contributed by atoms with Crippen LogP contribution in [0, 0.1) is 11.8 Å². The minimum atomic E-state index is -2.27. The van der Waals surface area contributed by atoms with Crippen LogP contribution in [-0.4, -0.2) is 146 Å². The molecule has 8 saturated heterocycles. The van der Waals surface area contributed by atoms with Crippen molar-refractivity contribution in [2.24, 2.45) is 11.8 Å². The second-order valence-electron chi connectivity index (χ2n) is 26.3. The third kappa shape index (κ3) is 13.7. The topological polar surface area (TPSA) is 153 Å². The first-order valence-electron chi connectivity index (χ1n) is 28.4. The average Bonchev–Trinajstić information content (AvgIpc) is 3.91. The zero-order valence-corrected chi connectivity index (χ0v) is 51.3. The van der Waals surface area contributed by atoms with E-state index < -0.39 is 52.8 Å². The molecule has 6 bridgehead atoms. The zero-order chi connectivity index (χ0) is 55.1. The highest BCUT2D eigenvalue weighted by molar-refractivity contribution is 9.11. The summed E-state index contributed by atoms with van der Waals surface area (Å²) >= 11 is 3.50. The molecule has 0 spiro atoms. The summed E-state index contributed by atoms with van der Waals surface area (Å²) in [5.74, 6) is -1.40. The van der Waals surface area contributed by atoms with Gasteiger partial charge in [-0.05, 0) is 96.5 Å². The van der Waals surface area contributed by atoms with E-state index >= 15 is 0 Å². The zero-order valence-electron chi connectivity index (χ0n) is 47.7. The summed E-state index contributed by atoms with van der Waals surface area (Å²) in [7, 11) is -2.69. The number of methoxy groups -OCH3 is 1. The van der Waals surface area contributed by atoms with E-state index in [2.05, 4.69) is 104 Å². The van der Waals surface area contributed by atoms with Gasteiger partial charge in [-0.2, -0.15) is 0 Å². The number of halogens is 1. The lowest BCUT2D eigenvalue weighted by atomic mass is 9.81. The number of carbonyl (C=O) groups is 3. The van der Waals surface area contributed by atoms with E-state index in [9.17, 15) is 14.4 Å². The SMILES string of the molecule is C=C(Br)C[C@H](CC[C@@]12C[C@H]3O[C@@H]4[C@@H](O[C@H]5CC[C@H](CC(=O)C[C@@H]6[C@@H](OC)[C@@H](C[C@@H](CO[Si](C)(C)C(C)(C)C)O[Si](C)(C)C(C)(C)C)O[C@H]6C[C@H]6O[C@@H](CCC=O)C[C@@H](C)C6=C)O[C@@H]5[C@H]4O1)[C@H]3O2)OC(=O)c1ccccc1. The lowest BCUT2D eigenvalue weighted by Gasteiger charge is -2.47. The van der Waals surface area contributed by atoms with Crippen molar-refractivity contribution < 1.29 is 65.9 Å². The Morgan fingerprint density at radius 3 is 2.20 bits per heavy atom. The Morgan fingerprint density at radius 2 is 1.53 bits per heavy atom. The molecule has 1 aromatic rings. The quantitative estimate of drug-likeness (QED) is 0.0417. The maximum Gasteiger partial charge on any atom is 0.338 e. The Balaban J connectivity index is 0.980. The van der Waals surface area contributed by atoms with E-state index in [-0.39, 0.29) is 108 Å². The molecule has 8 aliphatic rings. The van der Waals surface area contributed by atoms with Crippen molar-refractivity contribution in [1.29, 1.82) is 0 Å². The molecule has 8 fully saturated rings. The molecule has 0 saturated carbocycles. The van der Waals surface area contributed by atoms with Crippen LogP contribution >= 0.6 is 15.9 Å². The van der Waals surface area contributed by atoms with Gasteiger partial charge in [-0.15, -0.1) is 0 Å². The van der Waals surface area contributed by atoms with Gasteiger partial charge < -0.3 is 56.3 Å². The van der Waals surface area contributed by atoms with Gasteiger partial charge in [0.05, 0.1) is 67.1 Å². The molecule has 1 aromatic carbocycles. The molecule has 8 aliphatic heterocycles. The molecule has 0 unspecified atom stereocenters. The summed E-state index contributed by atoms with van der Waals surface area (Å²) in [6, 6.07) is 8.99. The number of esters is 1. The van der Waals surface area contributed by atoms with Gasteiger partial charge in [0.25, 0.3) is 0 Å². The van der Waals surface area contributed by atoms with Gasteiger partial charge in [-0.25, -0.2) is 4.79 Å². The van der Waals surface area contributed by atoms with Crippen LogP contribution in [0.2, 0.25) is 36.3 Å². The van der Waals surface area contributed by atoms with Crippen molar-refractivity contribution in [2.45, 2.75) is 266 Å². The van der Waals surface area contributed by atoms with Crippen LogP contribution in [0.25, 0.3) is 0 Å². The number of carbonyl (C=O) groups excluding carboxylic acids is 3. The molecule has 0 aromatic heterocycles. The molecule has 18 atom stereocenters. The summed E-state index contributed by atoms with van der Waals surface area (Å²) < 4.78 is 75.6. The fourth-order valence-corrected chi connectivity index (χ4v) is 15.1. The van der Waals surface area contributed by atoms with Crippen molar-refractivity contribution in [3.05, 3.63) is 59.1 Å². The van der Waals surface area contributed by atoms with Crippen LogP contribution in [-0.2, 0) is 61.1 Å². The van der Waals surface area contributed by atoms with Gasteiger partial charge in [0.2, 0.25) is 0 Å². The highest BCUT2D eigenvalue weighted by Crippen LogP contribution is 2.54. The predicted octanol–water partition coefficient (Wildman–Crippen LogP) is 11.5. The number of benzene rings is 1. The minimum absolute atomic E-state index is 0.0189. The van der Waals surface area contributed by atoms with Crippen molar-refractivity contribution in [3.63, 3.8) is 0 Å². The molecule has 14 nitrogen and oxygen atoms in total. The molecule has 76 heavy (non-hydrogen) atoms. The molecule has 426 valence electrons. The third-order valence-corrected chi connectivity index (χ3v) is 28.0. The number of hydrogen-bond donors (Lipinski definition) is 0. The van der Waals surface area contributed by atoms with Crippen LogP contribution in [0.3, 0.4) is 0 Å². The van der Waals surface area contributed by atoms with Crippen LogP contribution in [0.15, 0.2) is 53.5 Å². The number of hydrogen-bond acceptors (Lipinski definition) is 14. The molecule has 9 rings (SSSR count). The number of ether oxygens (including phenoxy) is 9. The number of fused-ring (bicyclic) bond motifs is 1. The van der Waals surface area contributed by atoms with Gasteiger partial charge >= 0.3 is 5.97 Å². The Labute approximate surface area is 464 Å². The fourth-order valence-electron chi connectivity index (χ4n) is 12.4. The molecule has 0 N–H and O–H groups in total. The second-order valence-corrected chi connectivity index (χ2v) is 37.0. The van der Waals surface area contributed by atoms with Crippen molar-refractivity contribution in [3.8, 4) is 0 Å². The Hall–Kier alpha value is -1.98. The van der Waals surface area contributed by atoms with E-state index in [0.29, 0.717) is 76.4 Å². The monoisotopic (exact) mass is 1160 g/mol. The number of Topliss-reactive ketones (excluding diaryl/α,β-unsaturated/α-hetero) is 1. The van der Waals surface area contributed by atoms with E-state index in [1.807, 2.05) is 18.2 Å². The summed E-state index contributed by atoms with van der Waals surface area (Å²) in [6.07, 6.45) is 2.60. The maximum absolute atomic E-state index is 14.8. The van der Waals surface area contributed by atoms with Crippen LogP contribution in [0.4, 0.5) is 0 Å². The Bertz CT molecular complexity index is 2200. The summed E-state index contributed by atoms with van der Waals surface area (Å²) in [5.41, 5.74) is 1.49. The number of ketones is 1. The first kappa shape index (κ1) is 60.1. The smallest absolute Gasteiger partial charge is 0.338 e. The third-order valence-electron chi connectivity index (χ3n) is 18.7. The van der Waals surface area contributed by atoms with E-state index in [4.69, 9.17) is 51.5 Å². The Kier molecular flexibility index (Phi) is 19.2. The second kappa shape index (κ2) is 24.2.